The van der Waals surface area contributed by atoms with Gasteiger partial charge in [0.25, 0.3) is 0 Å². The molecule has 214 valence electrons. The molecule has 0 spiro atoms. The molecule has 0 saturated heterocycles. The number of carbonyl (C=O) groups excluding carboxylic acids is 3. The Labute approximate surface area is 231 Å². The molecule has 1 aliphatic carbocycles. The summed E-state index contributed by atoms with van der Waals surface area (Å²) >= 11 is 0. The van der Waals surface area contributed by atoms with Gasteiger partial charge in [-0.15, -0.1) is 0 Å². The first-order valence-corrected chi connectivity index (χ1v) is 14.5. The van der Waals surface area contributed by atoms with Gasteiger partial charge in [0.1, 0.15) is 18.5 Å². The number of Topliss-reactive ketones (excluding diaryl/α,β-unsaturated/α-hetero) is 1. The first-order valence-electron chi connectivity index (χ1n) is 12.9. The van der Waals surface area contributed by atoms with Gasteiger partial charge in [-0.3, -0.25) is 14.4 Å². The molecule has 7 nitrogen and oxygen atoms in total. The van der Waals surface area contributed by atoms with Gasteiger partial charge in [-0.2, -0.15) is 0 Å². The quantitative estimate of drug-likeness (QED) is 0.246. The minimum atomic E-state index is -4.11. The van der Waals surface area contributed by atoms with Gasteiger partial charge in [0.15, 0.2) is 15.6 Å². The van der Waals surface area contributed by atoms with Crippen molar-refractivity contribution in [3.05, 3.63) is 64.5 Å². The Kier molecular flexibility index (Phi) is 11.0. The molecule has 39 heavy (non-hydrogen) atoms. The second kappa shape index (κ2) is 13.3. The smallest absolute Gasteiger partial charge is 0.303 e. The molecule has 0 fully saturated rings. The Morgan fingerprint density at radius 1 is 1.08 bits per heavy atom. The van der Waals surface area contributed by atoms with Crippen LogP contribution >= 0.6 is 0 Å². The summed E-state index contributed by atoms with van der Waals surface area (Å²) in [6.07, 6.45) is 3.89. The van der Waals surface area contributed by atoms with Gasteiger partial charge in [0.2, 0.25) is 0 Å². The Balaban J connectivity index is 2.55. The molecule has 2 rings (SSSR count). The first kappa shape index (κ1) is 32.1. The van der Waals surface area contributed by atoms with Crippen LogP contribution in [0.5, 0.6) is 0 Å². The maximum Gasteiger partial charge on any atom is 0.303 e. The Hall–Kier alpha value is -3.07. The van der Waals surface area contributed by atoms with E-state index < -0.39 is 44.4 Å². The van der Waals surface area contributed by atoms with E-state index in [9.17, 15) is 27.2 Å². The normalized spacial score (nSPS) is 18.0. The Bertz CT molecular complexity index is 1300. The standard InChI is InChI=1S/C30H39FO7S/c1-19(12-14-37-22(4)32)15-25(38-23(5)33)16-20(2)17-28(29-21(3)27(34)11-13-30(29,6)7)39(35,36)26-10-8-9-24(31)18-26/h8-10,12,16,18,25,28H,11,13-15,17H2,1-7H3/b19-12+,20-16+. The van der Waals surface area contributed by atoms with E-state index in [1.54, 1.807) is 26.0 Å². The summed E-state index contributed by atoms with van der Waals surface area (Å²) in [4.78, 5) is 35.4. The summed E-state index contributed by atoms with van der Waals surface area (Å²) in [6.45, 7) is 11.7. The third-order valence-electron chi connectivity index (χ3n) is 6.89. The van der Waals surface area contributed by atoms with Crippen molar-refractivity contribution in [2.24, 2.45) is 5.41 Å². The molecule has 1 aromatic carbocycles. The van der Waals surface area contributed by atoms with Gasteiger partial charge in [0.05, 0.1) is 10.1 Å². The zero-order valence-corrected chi connectivity index (χ0v) is 24.6. The Morgan fingerprint density at radius 2 is 1.74 bits per heavy atom. The fraction of sp³-hybridized carbons (Fsp3) is 0.500. The van der Waals surface area contributed by atoms with Crippen LogP contribution < -0.4 is 0 Å². The van der Waals surface area contributed by atoms with Gasteiger partial charge in [0, 0.05) is 26.7 Å². The maximum absolute atomic E-state index is 14.1. The van der Waals surface area contributed by atoms with Crippen LogP contribution in [-0.4, -0.2) is 44.1 Å². The van der Waals surface area contributed by atoms with Crippen molar-refractivity contribution in [1.82, 2.24) is 0 Å². The summed E-state index contributed by atoms with van der Waals surface area (Å²) in [5, 5.41) is -1.12. The minimum absolute atomic E-state index is 0.0240. The fourth-order valence-corrected chi connectivity index (χ4v) is 7.15. The summed E-state index contributed by atoms with van der Waals surface area (Å²) < 4.78 is 52.5. The molecule has 0 aliphatic heterocycles. The van der Waals surface area contributed by atoms with Gasteiger partial charge in [-0.1, -0.05) is 31.1 Å². The average Bonchev–Trinajstić information content (AvgIpc) is 2.80. The van der Waals surface area contributed by atoms with Gasteiger partial charge in [-0.25, -0.2) is 12.8 Å². The molecule has 0 heterocycles. The molecule has 0 amide bonds. The van der Waals surface area contributed by atoms with E-state index in [2.05, 4.69) is 0 Å². The van der Waals surface area contributed by atoms with Crippen LogP contribution in [-0.2, 0) is 33.7 Å². The highest BCUT2D eigenvalue weighted by Crippen LogP contribution is 2.45. The van der Waals surface area contributed by atoms with Gasteiger partial charge >= 0.3 is 11.9 Å². The largest absolute Gasteiger partial charge is 0.462 e. The first-order chi connectivity index (χ1) is 18.0. The van der Waals surface area contributed by atoms with Crippen molar-refractivity contribution in [3.63, 3.8) is 0 Å². The highest BCUT2D eigenvalue weighted by molar-refractivity contribution is 7.92. The number of sulfone groups is 1. The Morgan fingerprint density at radius 3 is 2.33 bits per heavy atom. The average molecular weight is 563 g/mol. The van der Waals surface area contributed by atoms with Crippen LogP contribution in [0, 0.1) is 11.2 Å². The number of halogens is 1. The number of carbonyl (C=O) groups is 3. The summed E-state index contributed by atoms with van der Waals surface area (Å²) in [5.74, 6) is -1.68. The van der Waals surface area contributed by atoms with Gasteiger partial charge in [-0.05, 0) is 80.5 Å². The summed E-state index contributed by atoms with van der Waals surface area (Å²) in [5.41, 5.74) is 1.82. The molecular formula is C30H39FO7S. The van der Waals surface area contributed by atoms with Crippen LogP contribution in [0.3, 0.4) is 0 Å². The molecule has 0 saturated carbocycles. The number of hydrogen-bond acceptors (Lipinski definition) is 7. The molecule has 0 bridgehead atoms. The molecule has 0 aromatic heterocycles. The highest BCUT2D eigenvalue weighted by Gasteiger charge is 2.42. The number of allylic oxidation sites excluding steroid dienone is 2. The maximum atomic E-state index is 14.1. The van der Waals surface area contributed by atoms with Crippen molar-refractivity contribution in [3.8, 4) is 0 Å². The van der Waals surface area contributed by atoms with Gasteiger partial charge < -0.3 is 9.47 Å². The zero-order chi connectivity index (χ0) is 29.5. The van der Waals surface area contributed by atoms with Crippen molar-refractivity contribution in [2.75, 3.05) is 6.61 Å². The SMILES string of the molecule is CC(=O)OC/C=C(\C)CC(/C=C(\C)CC(C1=C(C)C(=O)CCC1(C)C)S(=O)(=O)c1cccc(F)c1)OC(C)=O. The predicted octanol–water partition coefficient (Wildman–Crippen LogP) is 5.84. The highest BCUT2D eigenvalue weighted by atomic mass is 32.2. The number of hydrogen-bond donors (Lipinski definition) is 0. The van der Waals surface area contributed by atoms with E-state index in [1.807, 2.05) is 20.8 Å². The lowest BCUT2D eigenvalue weighted by Crippen LogP contribution is -2.37. The van der Waals surface area contributed by atoms with Crippen LogP contribution in [0.1, 0.15) is 74.1 Å². The van der Waals surface area contributed by atoms with E-state index in [4.69, 9.17) is 9.47 Å². The third-order valence-corrected chi connectivity index (χ3v) is 8.95. The zero-order valence-electron chi connectivity index (χ0n) is 23.8. The van der Waals surface area contributed by atoms with E-state index in [-0.39, 0.29) is 23.7 Å². The minimum Gasteiger partial charge on any atom is -0.462 e. The van der Waals surface area contributed by atoms with E-state index in [0.717, 1.165) is 11.6 Å². The molecule has 1 aromatic rings. The summed E-state index contributed by atoms with van der Waals surface area (Å²) in [7, 11) is -4.11. The summed E-state index contributed by atoms with van der Waals surface area (Å²) in [6, 6.07) is 4.88. The lowest BCUT2D eigenvalue weighted by Gasteiger charge is -2.38. The van der Waals surface area contributed by atoms with Crippen LogP contribution in [0.2, 0.25) is 0 Å². The second-order valence-electron chi connectivity index (χ2n) is 10.8. The number of ether oxygens (including phenoxy) is 2. The third kappa shape index (κ3) is 8.98. The number of rotatable bonds is 11. The van der Waals surface area contributed by atoms with Crippen molar-refractivity contribution in [2.45, 2.75) is 90.4 Å². The molecule has 2 atom stereocenters. The molecule has 9 heteroatoms. The topological polar surface area (TPSA) is 104 Å². The molecule has 0 N–H and O–H groups in total. The van der Waals surface area contributed by atoms with E-state index in [0.29, 0.717) is 36.0 Å². The predicted molar refractivity (Wildman–Crippen MR) is 147 cm³/mol. The fourth-order valence-electron chi connectivity index (χ4n) is 4.99. The molecular weight excluding hydrogens is 523 g/mol. The van der Waals surface area contributed by atoms with E-state index in [1.165, 1.54) is 32.0 Å². The van der Waals surface area contributed by atoms with Crippen LogP contribution in [0.25, 0.3) is 0 Å². The number of benzene rings is 1. The lowest BCUT2D eigenvalue weighted by atomic mass is 9.70. The monoisotopic (exact) mass is 562 g/mol. The van der Waals surface area contributed by atoms with Crippen molar-refractivity contribution in [1.29, 1.82) is 0 Å². The molecule has 1 aliphatic rings. The van der Waals surface area contributed by atoms with Crippen molar-refractivity contribution < 1.29 is 36.7 Å². The molecule has 0 radical (unpaired) electrons. The molecule has 2 unspecified atom stereocenters. The number of ketones is 1. The second-order valence-corrected chi connectivity index (χ2v) is 12.9. The number of esters is 2. The lowest BCUT2D eigenvalue weighted by molar-refractivity contribution is -0.144. The van der Waals surface area contributed by atoms with Crippen LogP contribution in [0.15, 0.2) is 63.6 Å². The van der Waals surface area contributed by atoms with Crippen molar-refractivity contribution >= 4 is 27.6 Å². The van der Waals surface area contributed by atoms with Crippen LogP contribution in [0.4, 0.5) is 4.39 Å². The van der Waals surface area contributed by atoms with E-state index >= 15 is 0 Å².